The van der Waals surface area contributed by atoms with Gasteiger partial charge in [-0.15, -0.1) is 6.58 Å². The Kier molecular flexibility index (Phi) is 14.7. The first-order chi connectivity index (χ1) is 21.8. The summed E-state index contributed by atoms with van der Waals surface area (Å²) >= 11 is 0. The number of aromatic amines is 1. The van der Waals surface area contributed by atoms with Crippen LogP contribution in [0, 0.1) is 29.1 Å². The van der Waals surface area contributed by atoms with E-state index in [1.807, 2.05) is 57.2 Å². The van der Waals surface area contributed by atoms with Gasteiger partial charge in [0.15, 0.2) is 0 Å². The molecule has 8 heteroatoms. The molecule has 5 atom stereocenters. The van der Waals surface area contributed by atoms with Crippen LogP contribution in [0.5, 0.6) is 0 Å². The summed E-state index contributed by atoms with van der Waals surface area (Å²) in [7, 11) is 0. The Morgan fingerprint density at radius 3 is 2.33 bits per heavy atom. The summed E-state index contributed by atoms with van der Waals surface area (Å²) in [5, 5.41) is 17.7. The lowest BCUT2D eigenvalue weighted by Crippen LogP contribution is -2.55. The van der Waals surface area contributed by atoms with E-state index in [-0.39, 0.29) is 41.8 Å². The maximum atomic E-state index is 14.1. The molecule has 1 aromatic carbocycles. The highest BCUT2D eigenvalue weighted by Gasteiger charge is 2.33. The summed E-state index contributed by atoms with van der Waals surface area (Å²) in [6.07, 6.45) is 12.3. The van der Waals surface area contributed by atoms with Crippen LogP contribution in [0.25, 0.3) is 0 Å². The molecule has 8 nitrogen and oxygen atoms in total. The highest BCUT2D eigenvalue weighted by Crippen LogP contribution is 2.30. The van der Waals surface area contributed by atoms with E-state index in [9.17, 15) is 19.5 Å². The van der Waals surface area contributed by atoms with E-state index < -0.39 is 24.1 Å². The molecule has 1 saturated carbocycles. The molecule has 0 saturated heterocycles. The van der Waals surface area contributed by atoms with Crippen LogP contribution in [0.15, 0.2) is 55.5 Å². The van der Waals surface area contributed by atoms with Crippen molar-refractivity contribution in [3.63, 3.8) is 0 Å². The second-order valence-corrected chi connectivity index (χ2v) is 15.0. The monoisotopic (exact) mass is 634 g/mol. The minimum absolute atomic E-state index is 0.0238. The zero-order valence-electron chi connectivity index (χ0n) is 28.8. The zero-order valence-corrected chi connectivity index (χ0v) is 28.8. The van der Waals surface area contributed by atoms with Crippen molar-refractivity contribution in [1.29, 1.82) is 0 Å². The number of allylic oxidation sites excluding steroid dienone is 1. The van der Waals surface area contributed by atoms with E-state index in [0.717, 1.165) is 31.2 Å². The third kappa shape index (κ3) is 12.9. The standard InChI is InChI=1S/C38H58N4O4/c1-7-29(26(2)3)21-35(44)33(19-28-16-12-9-13-17-28)41-37(46)34(22-31-24-39-25-40-31)42-36(45)30(18-27-14-10-8-11-15-27)20-32(43)23-38(4,5)6/h7-8,10-11,14-15,24-26,28-30,33-35,44H,1,9,12-13,16-23H2,2-6H3,(H,39,40)(H,41,46)(H,42,45)/t29-,30?,33-,34-,35-/m0/s1. The van der Waals surface area contributed by atoms with Gasteiger partial charge in [-0.25, -0.2) is 4.98 Å². The van der Waals surface area contributed by atoms with Gasteiger partial charge in [-0.05, 0) is 48.0 Å². The van der Waals surface area contributed by atoms with Crippen LogP contribution < -0.4 is 10.6 Å². The molecular weight excluding hydrogens is 576 g/mol. The Balaban J connectivity index is 1.84. The molecule has 1 aliphatic carbocycles. The number of nitrogens with one attached hydrogen (secondary N) is 3. The van der Waals surface area contributed by atoms with Gasteiger partial charge < -0.3 is 20.7 Å². The first kappa shape index (κ1) is 37.2. The first-order valence-corrected chi connectivity index (χ1v) is 17.3. The summed E-state index contributed by atoms with van der Waals surface area (Å²) in [5.74, 6) is -0.421. The zero-order chi connectivity index (χ0) is 33.7. The van der Waals surface area contributed by atoms with Gasteiger partial charge in [-0.1, -0.05) is 103 Å². The van der Waals surface area contributed by atoms with Crippen LogP contribution >= 0.6 is 0 Å². The van der Waals surface area contributed by atoms with Crippen molar-refractivity contribution >= 4 is 17.6 Å². The van der Waals surface area contributed by atoms with Crippen LogP contribution in [0.4, 0.5) is 0 Å². The van der Waals surface area contributed by atoms with Crippen molar-refractivity contribution in [2.75, 3.05) is 0 Å². The topological polar surface area (TPSA) is 124 Å². The van der Waals surface area contributed by atoms with Gasteiger partial charge in [-0.3, -0.25) is 14.4 Å². The van der Waals surface area contributed by atoms with Crippen LogP contribution in [-0.2, 0) is 27.2 Å². The molecule has 46 heavy (non-hydrogen) atoms. The predicted molar refractivity (Wildman–Crippen MR) is 184 cm³/mol. The van der Waals surface area contributed by atoms with Crippen molar-refractivity contribution < 1.29 is 19.5 Å². The molecule has 0 spiro atoms. The SMILES string of the molecule is C=C[C@@H](C[C@H](O)[C@H](CC1CCCCC1)NC(=O)[C@H](Cc1cnc[nH]1)NC(=O)C(CC(=O)CC(C)(C)C)Cc1ccccc1)C(C)C. The third-order valence-corrected chi connectivity index (χ3v) is 9.29. The molecule has 0 radical (unpaired) electrons. The molecule has 2 amide bonds. The lowest BCUT2D eigenvalue weighted by atomic mass is 9.81. The van der Waals surface area contributed by atoms with Crippen LogP contribution in [0.2, 0.25) is 0 Å². The number of hydrogen-bond donors (Lipinski definition) is 4. The van der Waals surface area contributed by atoms with Gasteiger partial charge in [0.05, 0.1) is 18.5 Å². The van der Waals surface area contributed by atoms with Crippen molar-refractivity contribution in [3.8, 4) is 0 Å². The van der Waals surface area contributed by atoms with E-state index in [2.05, 4.69) is 41.0 Å². The maximum Gasteiger partial charge on any atom is 0.243 e. The number of amides is 2. The number of benzene rings is 1. The molecule has 1 heterocycles. The quantitative estimate of drug-likeness (QED) is 0.142. The van der Waals surface area contributed by atoms with Gasteiger partial charge in [0.1, 0.15) is 11.8 Å². The van der Waals surface area contributed by atoms with Crippen molar-refractivity contribution in [1.82, 2.24) is 20.6 Å². The Morgan fingerprint density at radius 2 is 1.74 bits per heavy atom. The van der Waals surface area contributed by atoms with E-state index in [4.69, 9.17) is 0 Å². The van der Waals surface area contributed by atoms with E-state index in [1.165, 1.54) is 6.42 Å². The van der Waals surface area contributed by atoms with Crippen LogP contribution in [0.1, 0.15) is 104 Å². The Morgan fingerprint density at radius 1 is 1.04 bits per heavy atom. The highest BCUT2D eigenvalue weighted by molar-refractivity contribution is 5.91. The second-order valence-electron chi connectivity index (χ2n) is 15.0. The van der Waals surface area contributed by atoms with Gasteiger partial charge >= 0.3 is 0 Å². The molecule has 1 fully saturated rings. The van der Waals surface area contributed by atoms with Crippen molar-refractivity contribution in [2.45, 2.75) is 123 Å². The Bertz CT molecular complexity index is 1220. The number of nitrogens with zero attached hydrogens (tertiary/aromatic N) is 1. The molecule has 0 aliphatic heterocycles. The number of carbonyl (C=O) groups excluding carboxylic acids is 3. The molecule has 1 aliphatic rings. The number of hydrogen-bond acceptors (Lipinski definition) is 5. The minimum Gasteiger partial charge on any atom is -0.391 e. The number of ketones is 1. The van der Waals surface area contributed by atoms with Gasteiger partial charge in [-0.2, -0.15) is 0 Å². The fraction of sp³-hybridized carbons (Fsp3) is 0.632. The first-order valence-electron chi connectivity index (χ1n) is 17.3. The molecule has 3 rings (SSSR count). The molecule has 1 aromatic heterocycles. The van der Waals surface area contributed by atoms with Crippen molar-refractivity contribution in [3.05, 3.63) is 66.8 Å². The lowest BCUT2D eigenvalue weighted by Gasteiger charge is -2.33. The summed E-state index contributed by atoms with van der Waals surface area (Å²) in [5.41, 5.74) is 1.47. The number of H-pyrrole nitrogens is 1. The summed E-state index contributed by atoms with van der Waals surface area (Å²) in [4.78, 5) is 48.3. The second kappa shape index (κ2) is 18.2. The maximum absolute atomic E-state index is 14.1. The van der Waals surface area contributed by atoms with Crippen molar-refractivity contribution in [2.24, 2.45) is 29.1 Å². The number of aromatic nitrogens is 2. The number of Topliss-reactive ketones (excluding diaryl/α,β-unsaturated/α-hetero) is 1. The van der Waals surface area contributed by atoms with Gasteiger partial charge in [0, 0.05) is 37.1 Å². The van der Waals surface area contributed by atoms with Gasteiger partial charge in [0.2, 0.25) is 11.8 Å². The molecule has 1 unspecified atom stereocenters. The average molecular weight is 635 g/mol. The van der Waals surface area contributed by atoms with Crippen LogP contribution in [0.3, 0.4) is 0 Å². The van der Waals surface area contributed by atoms with Gasteiger partial charge in [0.25, 0.3) is 0 Å². The molecule has 2 aromatic rings. The predicted octanol–water partition coefficient (Wildman–Crippen LogP) is 6.36. The Labute approximate surface area is 276 Å². The fourth-order valence-electron chi connectivity index (χ4n) is 6.67. The van der Waals surface area contributed by atoms with E-state index >= 15 is 0 Å². The average Bonchev–Trinajstić information content (AvgIpc) is 3.52. The minimum atomic E-state index is -0.912. The lowest BCUT2D eigenvalue weighted by molar-refractivity contribution is -0.133. The number of carbonyl (C=O) groups is 3. The largest absolute Gasteiger partial charge is 0.391 e. The summed E-state index contributed by atoms with van der Waals surface area (Å²) in [6.45, 7) is 14.2. The number of aliphatic hydroxyl groups excluding tert-OH is 1. The molecule has 4 N–H and O–H groups in total. The highest BCUT2D eigenvalue weighted by atomic mass is 16.3. The summed E-state index contributed by atoms with van der Waals surface area (Å²) in [6, 6.07) is 8.30. The smallest absolute Gasteiger partial charge is 0.243 e. The van der Waals surface area contributed by atoms with Crippen LogP contribution in [-0.4, -0.2) is 50.9 Å². The molecular formula is C38H58N4O4. The number of imidazole rings is 1. The number of aliphatic hydroxyl groups is 1. The van der Waals surface area contributed by atoms with E-state index in [1.54, 1.807) is 12.5 Å². The number of rotatable bonds is 18. The molecule has 254 valence electrons. The summed E-state index contributed by atoms with van der Waals surface area (Å²) < 4.78 is 0. The van der Waals surface area contributed by atoms with E-state index in [0.29, 0.717) is 43.2 Å². The fourth-order valence-corrected chi connectivity index (χ4v) is 6.67. The Hall–Kier alpha value is -3.26. The third-order valence-electron chi connectivity index (χ3n) is 9.29. The molecule has 0 bridgehead atoms. The normalized spacial score (nSPS) is 17.5.